The van der Waals surface area contributed by atoms with Crippen LogP contribution in [0.25, 0.3) is 0 Å². The summed E-state index contributed by atoms with van der Waals surface area (Å²) in [5.41, 5.74) is 0. The summed E-state index contributed by atoms with van der Waals surface area (Å²) in [6.07, 6.45) is -13.2. The molecular formula is C14H22O15S2-2. The molecule has 3 saturated heterocycles. The predicted molar refractivity (Wildman–Crippen MR) is 90.6 cm³/mol. The number of rotatable bonds is 8. The van der Waals surface area contributed by atoms with E-state index in [1.165, 1.54) is 6.92 Å². The van der Waals surface area contributed by atoms with Gasteiger partial charge < -0.3 is 43.0 Å². The Morgan fingerprint density at radius 3 is 2.16 bits per heavy atom. The van der Waals surface area contributed by atoms with Crippen molar-refractivity contribution < 1.29 is 68.2 Å². The molecule has 0 aromatic heterocycles. The zero-order valence-corrected chi connectivity index (χ0v) is 17.8. The average molecular weight is 494 g/mol. The van der Waals surface area contributed by atoms with Gasteiger partial charge in [-0.25, -0.2) is 16.8 Å². The van der Waals surface area contributed by atoms with Gasteiger partial charge in [-0.2, -0.15) is 0 Å². The lowest BCUT2D eigenvalue weighted by Crippen LogP contribution is -2.63. The SMILES string of the molecule is CO[C@@H]1C(OS(=O)(=O)[O-])[C@H](O[C@H]2C3COC2[C@H](OS(=O)(=O)[O-])[C@@H](C)O3)OC(CO)[C@@H]1O. The molecule has 0 spiro atoms. The monoisotopic (exact) mass is 494 g/mol. The number of methoxy groups -OCH3 is 1. The Labute approximate surface area is 178 Å². The molecular weight excluding hydrogens is 472 g/mol. The summed E-state index contributed by atoms with van der Waals surface area (Å²) in [5.74, 6) is 0. The van der Waals surface area contributed by atoms with Crippen LogP contribution in [0.15, 0.2) is 0 Å². The van der Waals surface area contributed by atoms with Crippen LogP contribution in [0.2, 0.25) is 0 Å². The van der Waals surface area contributed by atoms with Gasteiger partial charge in [-0.1, -0.05) is 0 Å². The van der Waals surface area contributed by atoms with Gasteiger partial charge in [0, 0.05) is 7.11 Å². The van der Waals surface area contributed by atoms with Crippen molar-refractivity contribution in [1.82, 2.24) is 0 Å². The van der Waals surface area contributed by atoms with Crippen LogP contribution in [0.4, 0.5) is 0 Å². The molecule has 0 aliphatic carbocycles. The zero-order valence-electron chi connectivity index (χ0n) is 16.2. The van der Waals surface area contributed by atoms with Crippen LogP contribution in [0.1, 0.15) is 6.92 Å². The highest BCUT2D eigenvalue weighted by Crippen LogP contribution is 2.37. The van der Waals surface area contributed by atoms with Crippen molar-refractivity contribution in [3.8, 4) is 0 Å². The van der Waals surface area contributed by atoms with E-state index in [0.29, 0.717) is 0 Å². The maximum absolute atomic E-state index is 11.2. The molecule has 3 heterocycles. The number of ether oxygens (including phenoxy) is 5. The van der Waals surface area contributed by atoms with E-state index in [9.17, 15) is 36.2 Å². The Morgan fingerprint density at radius 1 is 1.00 bits per heavy atom. The summed E-state index contributed by atoms with van der Waals surface area (Å²) in [4.78, 5) is 0. The maximum atomic E-state index is 11.2. The average Bonchev–Trinajstić information content (AvgIpc) is 2.94. The van der Waals surface area contributed by atoms with Crippen molar-refractivity contribution >= 4 is 20.8 Å². The van der Waals surface area contributed by atoms with E-state index >= 15 is 0 Å². The molecule has 0 radical (unpaired) electrons. The minimum atomic E-state index is -5.31. The number of hydrogen-bond acceptors (Lipinski definition) is 15. The summed E-state index contributed by atoms with van der Waals surface area (Å²) >= 11 is 0. The van der Waals surface area contributed by atoms with Crippen LogP contribution < -0.4 is 0 Å². The van der Waals surface area contributed by atoms with Crippen molar-refractivity contribution in [2.45, 2.75) is 68.1 Å². The molecule has 2 bridgehead atoms. The van der Waals surface area contributed by atoms with Crippen LogP contribution in [0.3, 0.4) is 0 Å². The van der Waals surface area contributed by atoms with E-state index in [1.807, 2.05) is 0 Å². The van der Waals surface area contributed by atoms with Gasteiger partial charge in [-0.15, -0.1) is 0 Å². The quantitative estimate of drug-likeness (QED) is 0.245. The lowest BCUT2D eigenvalue weighted by atomic mass is 9.97. The van der Waals surface area contributed by atoms with Gasteiger partial charge in [-0.3, -0.25) is 8.37 Å². The van der Waals surface area contributed by atoms with Crippen molar-refractivity contribution in [2.24, 2.45) is 0 Å². The fourth-order valence-electron chi connectivity index (χ4n) is 3.88. The number of aliphatic hydroxyl groups excluding tert-OH is 2. The van der Waals surface area contributed by atoms with Crippen molar-refractivity contribution in [2.75, 3.05) is 20.3 Å². The predicted octanol–water partition coefficient (Wildman–Crippen LogP) is -3.66. The molecule has 15 nitrogen and oxygen atoms in total. The van der Waals surface area contributed by atoms with E-state index < -0.39 is 88.6 Å². The first kappa shape index (κ1) is 25.1. The molecule has 10 atom stereocenters. The van der Waals surface area contributed by atoms with Crippen molar-refractivity contribution in [3.63, 3.8) is 0 Å². The topological polar surface area (TPSA) is 219 Å². The molecule has 0 amide bonds. The molecule has 3 aliphatic rings. The highest BCUT2D eigenvalue weighted by atomic mass is 32.3. The summed E-state index contributed by atoms with van der Waals surface area (Å²) < 4.78 is 103. The molecule has 0 aromatic carbocycles. The minimum absolute atomic E-state index is 0.0870. The summed E-state index contributed by atoms with van der Waals surface area (Å²) in [7, 11) is -9.35. The zero-order chi connectivity index (χ0) is 23.1. The molecule has 3 aliphatic heterocycles. The molecule has 0 saturated carbocycles. The molecule has 182 valence electrons. The fourth-order valence-corrected chi connectivity index (χ4v) is 4.89. The first-order valence-electron chi connectivity index (χ1n) is 9.02. The Morgan fingerprint density at radius 2 is 1.61 bits per heavy atom. The lowest BCUT2D eigenvalue weighted by Gasteiger charge is -2.46. The summed E-state index contributed by atoms with van der Waals surface area (Å²) in [5, 5.41) is 19.7. The number of aliphatic hydroxyl groups is 2. The largest absolute Gasteiger partial charge is 0.726 e. The van der Waals surface area contributed by atoms with Gasteiger partial charge in [0.15, 0.2) is 12.4 Å². The minimum Gasteiger partial charge on any atom is -0.726 e. The van der Waals surface area contributed by atoms with Crippen LogP contribution >= 0.6 is 0 Å². The Hall–Kier alpha value is -0.540. The third-order valence-corrected chi connectivity index (χ3v) is 6.05. The fraction of sp³-hybridized carbons (Fsp3) is 1.00. The Kier molecular flexibility index (Phi) is 7.58. The molecule has 2 N–H and O–H groups in total. The van der Waals surface area contributed by atoms with Gasteiger partial charge in [0.25, 0.3) is 0 Å². The number of fused-ring (bicyclic) bond motifs is 2. The third kappa shape index (κ3) is 5.69. The van der Waals surface area contributed by atoms with Crippen LogP contribution in [0, 0.1) is 0 Å². The third-order valence-electron chi connectivity index (χ3n) is 5.14. The van der Waals surface area contributed by atoms with Crippen LogP contribution in [-0.4, -0.2) is 118 Å². The van der Waals surface area contributed by atoms with Gasteiger partial charge in [0.1, 0.15) is 42.7 Å². The number of hydrogen-bond donors (Lipinski definition) is 2. The normalized spacial score (nSPS) is 43.8. The highest BCUT2D eigenvalue weighted by Gasteiger charge is 2.56. The van der Waals surface area contributed by atoms with Gasteiger partial charge in [0.05, 0.1) is 19.3 Å². The van der Waals surface area contributed by atoms with E-state index in [-0.39, 0.29) is 6.61 Å². The molecule has 3 fully saturated rings. The molecule has 3 rings (SSSR count). The molecule has 17 heteroatoms. The second-order valence-corrected chi connectivity index (χ2v) is 9.15. The van der Waals surface area contributed by atoms with Gasteiger partial charge >= 0.3 is 0 Å². The van der Waals surface area contributed by atoms with Crippen molar-refractivity contribution in [3.05, 3.63) is 0 Å². The van der Waals surface area contributed by atoms with E-state index in [4.69, 9.17) is 23.7 Å². The van der Waals surface area contributed by atoms with Crippen LogP contribution in [-0.2, 0) is 52.8 Å². The second kappa shape index (κ2) is 9.37. The Bertz CT molecular complexity index is 831. The molecule has 31 heavy (non-hydrogen) atoms. The van der Waals surface area contributed by atoms with E-state index in [0.717, 1.165) is 7.11 Å². The first-order chi connectivity index (χ1) is 14.3. The second-order valence-electron chi connectivity index (χ2n) is 7.13. The highest BCUT2D eigenvalue weighted by molar-refractivity contribution is 7.81. The first-order valence-corrected chi connectivity index (χ1v) is 11.7. The van der Waals surface area contributed by atoms with E-state index in [2.05, 4.69) is 8.37 Å². The lowest BCUT2D eigenvalue weighted by molar-refractivity contribution is -0.325. The molecule has 0 aromatic rings. The van der Waals surface area contributed by atoms with Gasteiger partial charge in [0.2, 0.25) is 20.8 Å². The Balaban J connectivity index is 1.86. The smallest absolute Gasteiger partial charge is 0.218 e. The van der Waals surface area contributed by atoms with Crippen LogP contribution in [0.5, 0.6) is 0 Å². The standard InChI is InChI=1S/C14H24O15S2/c1-5-9(28-30(17,18)19)12-10(7(25-5)4-24-12)27-14-13(29-31(20,21)22)11(23-2)8(16)6(3-15)26-14/h5-16H,3-4H2,1-2H3,(H,17,18,19)(H,20,21,22)/p-2/t5-,6?,7?,8+,9-,10+,11+,12?,13?,14+/m1/s1. The summed E-state index contributed by atoms with van der Waals surface area (Å²) in [6.45, 7) is 0.641. The maximum Gasteiger partial charge on any atom is 0.218 e. The molecule has 4 unspecified atom stereocenters. The van der Waals surface area contributed by atoms with Crippen molar-refractivity contribution in [1.29, 1.82) is 0 Å². The summed E-state index contributed by atoms with van der Waals surface area (Å²) in [6, 6.07) is 0. The van der Waals surface area contributed by atoms with Gasteiger partial charge in [-0.05, 0) is 6.92 Å². The van der Waals surface area contributed by atoms with E-state index in [1.54, 1.807) is 0 Å².